The number of thioether (sulfide) groups is 1. The first-order chi connectivity index (χ1) is 18.0. The van der Waals surface area contributed by atoms with Crippen molar-refractivity contribution < 1.29 is 9.18 Å². The molecule has 1 atom stereocenters. The molecule has 0 bridgehead atoms. The number of aromatic nitrogens is 5. The molecular formula is C27H23FN6O2S. The van der Waals surface area contributed by atoms with Crippen LogP contribution in [0.4, 0.5) is 4.39 Å². The highest BCUT2D eigenvalue weighted by molar-refractivity contribution is 7.98. The maximum Gasteiger partial charge on any atom is 0.270 e. The second-order valence-electron chi connectivity index (χ2n) is 8.40. The van der Waals surface area contributed by atoms with Gasteiger partial charge in [-0.05, 0) is 35.7 Å². The molecule has 8 nitrogen and oxygen atoms in total. The molecule has 1 amide bonds. The van der Waals surface area contributed by atoms with E-state index in [0.29, 0.717) is 34.4 Å². The van der Waals surface area contributed by atoms with Crippen LogP contribution in [0.1, 0.15) is 33.4 Å². The van der Waals surface area contributed by atoms with Gasteiger partial charge in [0.2, 0.25) is 0 Å². The number of rotatable bonds is 8. The Kier molecular flexibility index (Phi) is 7.09. The number of nitrogens with one attached hydrogen (secondary N) is 1. The predicted octanol–water partition coefficient (Wildman–Crippen LogP) is 3.97. The molecule has 0 aliphatic carbocycles. The normalized spacial score (nSPS) is 11.9. The molecule has 37 heavy (non-hydrogen) atoms. The molecule has 0 saturated heterocycles. The summed E-state index contributed by atoms with van der Waals surface area (Å²) in [4.78, 5) is 30.5. The van der Waals surface area contributed by atoms with Crippen molar-refractivity contribution in [1.82, 2.24) is 29.5 Å². The summed E-state index contributed by atoms with van der Waals surface area (Å²) in [6.07, 6.45) is 3.29. The van der Waals surface area contributed by atoms with Crippen molar-refractivity contribution in [3.05, 3.63) is 124 Å². The Morgan fingerprint density at radius 2 is 1.78 bits per heavy atom. The summed E-state index contributed by atoms with van der Waals surface area (Å²) in [5.41, 5.74) is 1.47. The minimum absolute atomic E-state index is 0.0712. The van der Waals surface area contributed by atoms with Crippen LogP contribution in [0.2, 0.25) is 0 Å². The lowest BCUT2D eigenvalue weighted by Crippen LogP contribution is -2.36. The van der Waals surface area contributed by atoms with Crippen LogP contribution in [0, 0.1) is 5.82 Å². The van der Waals surface area contributed by atoms with Crippen LogP contribution in [-0.2, 0) is 19.2 Å². The number of benzene rings is 2. The van der Waals surface area contributed by atoms with Crippen molar-refractivity contribution >= 4 is 23.3 Å². The monoisotopic (exact) mass is 514 g/mol. The molecule has 0 aliphatic rings. The van der Waals surface area contributed by atoms with Crippen LogP contribution >= 0.6 is 11.8 Å². The quantitative estimate of drug-likeness (QED) is 0.315. The van der Waals surface area contributed by atoms with E-state index in [4.69, 9.17) is 0 Å². The molecule has 0 spiro atoms. The van der Waals surface area contributed by atoms with Gasteiger partial charge >= 0.3 is 0 Å². The number of carbonyl (C=O) groups excluding carboxylic acids is 1. The van der Waals surface area contributed by atoms with E-state index in [-0.39, 0.29) is 11.4 Å². The van der Waals surface area contributed by atoms with Crippen molar-refractivity contribution in [2.45, 2.75) is 23.4 Å². The van der Waals surface area contributed by atoms with E-state index in [1.54, 1.807) is 54.2 Å². The lowest BCUT2D eigenvalue weighted by atomic mass is 10.0. The van der Waals surface area contributed by atoms with Crippen LogP contribution in [0.15, 0.2) is 95.1 Å². The summed E-state index contributed by atoms with van der Waals surface area (Å²) >= 11 is 1.35. The summed E-state index contributed by atoms with van der Waals surface area (Å²) in [5.74, 6) is 0.0673. The molecule has 3 aromatic heterocycles. The van der Waals surface area contributed by atoms with Gasteiger partial charge in [0.25, 0.3) is 11.5 Å². The fourth-order valence-electron chi connectivity index (χ4n) is 3.99. The number of hydrogen-bond donors (Lipinski definition) is 1. The third kappa shape index (κ3) is 5.29. The number of carbonyl (C=O) groups is 1. The van der Waals surface area contributed by atoms with Crippen molar-refractivity contribution in [2.75, 3.05) is 0 Å². The minimum atomic E-state index is -0.578. The Bertz CT molecular complexity index is 1620. The highest BCUT2D eigenvalue weighted by atomic mass is 32.2. The molecule has 10 heteroatoms. The highest BCUT2D eigenvalue weighted by Gasteiger charge is 2.24. The second kappa shape index (κ2) is 10.8. The summed E-state index contributed by atoms with van der Waals surface area (Å²) in [7, 11) is 1.80. The van der Waals surface area contributed by atoms with Crippen LogP contribution < -0.4 is 10.9 Å². The van der Waals surface area contributed by atoms with E-state index in [1.807, 2.05) is 30.3 Å². The summed E-state index contributed by atoms with van der Waals surface area (Å²) in [6, 6.07) is 20.8. The maximum atomic E-state index is 14.1. The number of pyridine rings is 1. The number of halogens is 1. The van der Waals surface area contributed by atoms with Crippen molar-refractivity contribution in [3.63, 3.8) is 0 Å². The third-order valence-corrected chi connectivity index (χ3v) is 7.01. The Morgan fingerprint density at radius 3 is 2.59 bits per heavy atom. The Hall–Kier alpha value is -4.31. The first-order valence-electron chi connectivity index (χ1n) is 11.6. The van der Waals surface area contributed by atoms with E-state index in [9.17, 15) is 14.0 Å². The predicted molar refractivity (Wildman–Crippen MR) is 139 cm³/mol. The SMILES string of the molecule is Cn1c(SCc2ccccc2F)nnc1[C@H](Cc1ccccc1)NC(=O)c1cnc2ccccn2c1=O. The zero-order chi connectivity index (χ0) is 25.8. The average molecular weight is 515 g/mol. The van der Waals surface area contributed by atoms with Gasteiger partial charge in [-0.25, -0.2) is 9.37 Å². The van der Waals surface area contributed by atoms with Crippen molar-refractivity contribution in [3.8, 4) is 0 Å². The van der Waals surface area contributed by atoms with E-state index in [2.05, 4.69) is 20.5 Å². The van der Waals surface area contributed by atoms with Gasteiger partial charge in [0.15, 0.2) is 11.0 Å². The third-order valence-electron chi connectivity index (χ3n) is 5.94. The fraction of sp³-hybridized carbons (Fsp3) is 0.148. The standard InChI is InChI=1S/C27H23FN6O2S/c1-33-24(31-32-27(33)37-17-19-11-5-6-12-21(19)28)22(15-18-9-3-2-4-10-18)30-25(35)20-16-29-23-13-7-8-14-34(23)26(20)36/h2-14,16,22H,15,17H2,1H3,(H,30,35)/t22-/m0/s1. The molecule has 186 valence electrons. The Morgan fingerprint density at radius 1 is 1.03 bits per heavy atom. The summed E-state index contributed by atoms with van der Waals surface area (Å²) in [6.45, 7) is 0. The Labute approximate surface area is 216 Å². The lowest BCUT2D eigenvalue weighted by molar-refractivity contribution is 0.0932. The van der Waals surface area contributed by atoms with Gasteiger partial charge in [-0.1, -0.05) is 66.4 Å². The largest absolute Gasteiger partial charge is 0.341 e. The van der Waals surface area contributed by atoms with E-state index in [1.165, 1.54) is 28.4 Å². The first-order valence-corrected chi connectivity index (χ1v) is 12.6. The lowest BCUT2D eigenvalue weighted by Gasteiger charge is -2.18. The van der Waals surface area contributed by atoms with Crippen LogP contribution in [0.25, 0.3) is 5.65 Å². The highest BCUT2D eigenvalue weighted by Crippen LogP contribution is 2.25. The molecule has 0 unspecified atom stereocenters. The molecular weight excluding hydrogens is 491 g/mol. The van der Waals surface area contributed by atoms with Gasteiger partial charge in [-0.3, -0.25) is 14.0 Å². The van der Waals surface area contributed by atoms with Crippen LogP contribution in [0.3, 0.4) is 0 Å². The molecule has 5 aromatic rings. The molecule has 2 aromatic carbocycles. The second-order valence-corrected chi connectivity index (χ2v) is 9.34. The van der Waals surface area contributed by atoms with Crippen molar-refractivity contribution in [2.24, 2.45) is 7.05 Å². The smallest absolute Gasteiger partial charge is 0.270 e. The molecule has 1 N–H and O–H groups in total. The maximum absolute atomic E-state index is 14.1. The number of nitrogens with zero attached hydrogens (tertiary/aromatic N) is 5. The topological polar surface area (TPSA) is 94.2 Å². The molecule has 0 radical (unpaired) electrons. The zero-order valence-corrected chi connectivity index (χ0v) is 20.7. The van der Waals surface area contributed by atoms with E-state index in [0.717, 1.165) is 5.56 Å². The van der Waals surface area contributed by atoms with E-state index < -0.39 is 17.5 Å². The van der Waals surface area contributed by atoms with Crippen LogP contribution in [0.5, 0.6) is 0 Å². The Balaban J connectivity index is 1.43. The fourth-order valence-corrected chi connectivity index (χ4v) is 4.89. The average Bonchev–Trinajstić information content (AvgIpc) is 3.28. The van der Waals surface area contributed by atoms with Gasteiger partial charge in [0, 0.05) is 25.2 Å². The molecule has 5 rings (SSSR count). The van der Waals surface area contributed by atoms with Gasteiger partial charge in [-0.15, -0.1) is 10.2 Å². The number of amides is 1. The van der Waals surface area contributed by atoms with Gasteiger partial charge in [0.1, 0.15) is 17.0 Å². The van der Waals surface area contributed by atoms with Gasteiger partial charge in [-0.2, -0.15) is 0 Å². The number of hydrogen-bond acceptors (Lipinski definition) is 6. The molecule has 3 heterocycles. The van der Waals surface area contributed by atoms with Gasteiger partial charge in [0.05, 0.1) is 6.04 Å². The van der Waals surface area contributed by atoms with Gasteiger partial charge < -0.3 is 9.88 Å². The molecule has 0 aliphatic heterocycles. The molecule has 0 saturated carbocycles. The minimum Gasteiger partial charge on any atom is -0.341 e. The van der Waals surface area contributed by atoms with Crippen molar-refractivity contribution in [1.29, 1.82) is 0 Å². The molecule has 0 fully saturated rings. The number of fused-ring (bicyclic) bond motifs is 1. The zero-order valence-electron chi connectivity index (χ0n) is 19.9. The van der Waals surface area contributed by atoms with Crippen LogP contribution in [-0.4, -0.2) is 30.1 Å². The first kappa shape index (κ1) is 24.4. The summed E-state index contributed by atoms with van der Waals surface area (Å²) < 4.78 is 17.2. The summed E-state index contributed by atoms with van der Waals surface area (Å²) in [5, 5.41) is 12.2. The van der Waals surface area contributed by atoms with E-state index >= 15 is 0 Å².